The topological polar surface area (TPSA) is 42.0 Å². The maximum absolute atomic E-state index is 11.2. The van der Waals surface area contributed by atoms with E-state index in [2.05, 4.69) is 26.2 Å². The number of alkyl halides is 1. The number of nitrogens with zero attached hydrogens (tertiary/aromatic N) is 1. The summed E-state index contributed by atoms with van der Waals surface area (Å²) in [5, 5.41) is 3.50. The molecule has 0 aromatic carbocycles. The third-order valence-electron chi connectivity index (χ3n) is 1.89. The minimum absolute atomic E-state index is 0.0481. The number of aryl methyl sites for hydroxylation is 1. The van der Waals surface area contributed by atoms with Crippen LogP contribution in [0.3, 0.4) is 0 Å². The van der Waals surface area contributed by atoms with Gasteiger partial charge in [-0.3, -0.25) is 9.78 Å². The molecule has 0 radical (unpaired) electrons. The van der Waals surface area contributed by atoms with E-state index in [1.165, 1.54) is 0 Å². The van der Waals surface area contributed by atoms with Crippen molar-refractivity contribution in [2.75, 3.05) is 5.33 Å². The Morgan fingerprint density at radius 3 is 3.07 bits per heavy atom. The number of aromatic nitrogens is 1. The molecule has 0 bridgehead atoms. The predicted octanol–water partition coefficient (Wildman–Crippen LogP) is 1.79. The molecule has 1 amide bonds. The quantitative estimate of drug-likeness (QED) is 0.835. The Morgan fingerprint density at radius 1 is 1.64 bits per heavy atom. The van der Waals surface area contributed by atoms with Crippen LogP contribution in [0, 0.1) is 6.92 Å². The van der Waals surface area contributed by atoms with E-state index in [0.29, 0.717) is 18.3 Å². The van der Waals surface area contributed by atoms with Crippen LogP contribution in [0.15, 0.2) is 18.3 Å². The summed E-state index contributed by atoms with van der Waals surface area (Å²) in [7, 11) is 0. The molecule has 0 unspecified atom stereocenters. The molecular weight excluding hydrogens is 244 g/mol. The van der Waals surface area contributed by atoms with E-state index in [1.807, 2.05) is 19.1 Å². The first kappa shape index (κ1) is 11.2. The van der Waals surface area contributed by atoms with Crippen LogP contribution in [0.2, 0.25) is 0 Å². The maximum atomic E-state index is 11.2. The van der Waals surface area contributed by atoms with Crippen LogP contribution in [-0.4, -0.2) is 16.2 Å². The Kier molecular flexibility index (Phi) is 4.59. The summed E-state index contributed by atoms with van der Waals surface area (Å²) < 4.78 is 0. The molecule has 76 valence electrons. The van der Waals surface area contributed by atoms with Crippen LogP contribution in [0.4, 0.5) is 0 Å². The molecular formula is C10H13BrN2O. The fraction of sp³-hybridized carbons (Fsp3) is 0.400. The second-order valence-corrected chi connectivity index (χ2v) is 3.78. The molecule has 14 heavy (non-hydrogen) atoms. The first-order valence-corrected chi connectivity index (χ1v) is 5.59. The summed E-state index contributed by atoms with van der Waals surface area (Å²) >= 11 is 3.21. The molecule has 1 aromatic heterocycles. The van der Waals surface area contributed by atoms with E-state index in [9.17, 15) is 4.79 Å². The summed E-state index contributed by atoms with van der Waals surface area (Å²) in [6.45, 7) is 2.50. The molecule has 0 saturated heterocycles. The Balaban J connectivity index is 2.46. The van der Waals surface area contributed by atoms with Crippen molar-refractivity contribution in [3.8, 4) is 0 Å². The van der Waals surface area contributed by atoms with Crippen LogP contribution in [-0.2, 0) is 11.3 Å². The lowest BCUT2D eigenvalue weighted by Gasteiger charge is -2.05. The summed E-state index contributed by atoms with van der Waals surface area (Å²) in [4.78, 5) is 15.3. The number of rotatable bonds is 4. The number of carbonyl (C=O) groups excluding carboxylic acids is 1. The second kappa shape index (κ2) is 5.75. The third kappa shape index (κ3) is 3.46. The molecule has 0 atom stereocenters. The first-order chi connectivity index (χ1) is 6.74. The van der Waals surface area contributed by atoms with Crippen molar-refractivity contribution >= 4 is 21.8 Å². The van der Waals surface area contributed by atoms with Crippen LogP contribution >= 0.6 is 15.9 Å². The molecule has 4 heteroatoms. The molecule has 1 aromatic rings. The Morgan fingerprint density at radius 2 is 2.43 bits per heavy atom. The zero-order valence-electron chi connectivity index (χ0n) is 8.09. The molecule has 0 spiro atoms. The normalized spacial score (nSPS) is 9.86. The highest BCUT2D eigenvalue weighted by molar-refractivity contribution is 9.09. The molecule has 1 rings (SSSR count). The van der Waals surface area contributed by atoms with Gasteiger partial charge >= 0.3 is 0 Å². The average Bonchev–Trinajstić information content (AvgIpc) is 2.17. The smallest absolute Gasteiger partial charge is 0.221 e. The van der Waals surface area contributed by atoms with Crippen LogP contribution < -0.4 is 5.32 Å². The number of hydrogen-bond donors (Lipinski definition) is 1. The minimum atomic E-state index is 0.0481. The highest BCUT2D eigenvalue weighted by atomic mass is 79.9. The number of halogens is 1. The van der Waals surface area contributed by atoms with Gasteiger partial charge < -0.3 is 5.32 Å². The van der Waals surface area contributed by atoms with E-state index in [0.717, 1.165) is 11.3 Å². The lowest BCUT2D eigenvalue weighted by Crippen LogP contribution is -2.23. The van der Waals surface area contributed by atoms with Gasteiger partial charge in [-0.15, -0.1) is 0 Å². The highest BCUT2D eigenvalue weighted by Crippen LogP contribution is 2.02. The summed E-state index contributed by atoms with van der Waals surface area (Å²) in [5.41, 5.74) is 2.03. The van der Waals surface area contributed by atoms with E-state index in [1.54, 1.807) is 6.20 Å². The van der Waals surface area contributed by atoms with Gasteiger partial charge in [-0.2, -0.15) is 0 Å². The lowest BCUT2D eigenvalue weighted by atomic mass is 10.2. The SMILES string of the molecule is Cc1cccnc1CNC(=O)CCBr. The van der Waals surface area contributed by atoms with Crippen molar-refractivity contribution in [2.45, 2.75) is 19.9 Å². The van der Waals surface area contributed by atoms with E-state index in [4.69, 9.17) is 0 Å². The van der Waals surface area contributed by atoms with Gasteiger partial charge in [0.25, 0.3) is 0 Å². The zero-order valence-corrected chi connectivity index (χ0v) is 9.67. The Bertz CT molecular complexity index is 315. The van der Waals surface area contributed by atoms with Gasteiger partial charge in [0.2, 0.25) is 5.91 Å². The van der Waals surface area contributed by atoms with Crippen molar-refractivity contribution in [1.82, 2.24) is 10.3 Å². The average molecular weight is 257 g/mol. The van der Waals surface area contributed by atoms with Gasteiger partial charge in [0.05, 0.1) is 12.2 Å². The molecule has 1 heterocycles. The number of nitrogens with one attached hydrogen (secondary N) is 1. The Labute approximate surface area is 92.1 Å². The van der Waals surface area contributed by atoms with Gasteiger partial charge in [-0.25, -0.2) is 0 Å². The summed E-state index contributed by atoms with van der Waals surface area (Å²) in [6.07, 6.45) is 2.24. The maximum Gasteiger partial charge on any atom is 0.221 e. The van der Waals surface area contributed by atoms with E-state index >= 15 is 0 Å². The molecule has 0 aliphatic heterocycles. The van der Waals surface area contributed by atoms with Crippen LogP contribution in [0.1, 0.15) is 17.7 Å². The fourth-order valence-corrected chi connectivity index (χ4v) is 1.42. The standard InChI is InChI=1S/C10H13BrN2O/c1-8-3-2-6-12-9(8)7-13-10(14)4-5-11/h2-3,6H,4-5,7H2,1H3,(H,13,14). The van der Waals surface area contributed by atoms with Gasteiger partial charge in [-0.1, -0.05) is 22.0 Å². The largest absolute Gasteiger partial charge is 0.350 e. The van der Waals surface area contributed by atoms with Crippen molar-refractivity contribution in [3.05, 3.63) is 29.6 Å². The molecule has 0 fully saturated rings. The van der Waals surface area contributed by atoms with Gasteiger partial charge in [0, 0.05) is 17.9 Å². The van der Waals surface area contributed by atoms with E-state index < -0.39 is 0 Å². The molecule has 3 nitrogen and oxygen atoms in total. The Hall–Kier alpha value is -0.900. The predicted molar refractivity (Wildman–Crippen MR) is 59.2 cm³/mol. The third-order valence-corrected chi connectivity index (χ3v) is 2.29. The van der Waals surface area contributed by atoms with Gasteiger partial charge in [0.1, 0.15) is 0 Å². The number of amides is 1. The summed E-state index contributed by atoms with van der Waals surface area (Å²) in [5.74, 6) is 0.0481. The highest BCUT2D eigenvalue weighted by Gasteiger charge is 2.02. The lowest BCUT2D eigenvalue weighted by molar-refractivity contribution is -0.120. The van der Waals surface area contributed by atoms with E-state index in [-0.39, 0.29) is 5.91 Å². The minimum Gasteiger partial charge on any atom is -0.350 e. The number of pyridine rings is 1. The van der Waals surface area contributed by atoms with Crippen LogP contribution in [0.5, 0.6) is 0 Å². The van der Waals surface area contributed by atoms with Crippen molar-refractivity contribution < 1.29 is 4.79 Å². The van der Waals surface area contributed by atoms with Gasteiger partial charge in [-0.05, 0) is 18.6 Å². The summed E-state index contributed by atoms with van der Waals surface area (Å²) in [6, 6.07) is 3.87. The second-order valence-electron chi connectivity index (χ2n) is 2.98. The number of hydrogen-bond acceptors (Lipinski definition) is 2. The molecule has 0 aliphatic carbocycles. The van der Waals surface area contributed by atoms with Crippen molar-refractivity contribution in [1.29, 1.82) is 0 Å². The van der Waals surface area contributed by atoms with Crippen molar-refractivity contribution in [2.24, 2.45) is 0 Å². The monoisotopic (exact) mass is 256 g/mol. The molecule has 0 aliphatic rings. The number of carbonyl (C=O) groups is 1. The zero-order chi connectivity index (χ0) is 10.4. The van der Waals surface area contributed by atoms with Gasteiger partial charge in [0.15, 0.2) is 0 Å². The van der Waals surface area contributed by atoms with Crippen LogP contribution in [0.25, 0.3) is 0 Å². The molecule has 1 N–H and O–H groups in total. The fourth-order valence-electron chi connectivity index (χ4n) is 1.06. The van der Waals surface area contributed by atoms with Crippen molar-refractivity contribution in [3.63, 3.8) is 0 Å². The first-order valence-electron chi connectivity index (χ1n) is 4.47. The molecule has 0 saturated carbocycles.